The fourth-order valence-electron chi connectivity index (χ4n) is 3.08. The minimum atomic E-state index is -0.416. The molecule has 1 amide bonds. The number of ether oxygens (including phenoxy) is 1. The van der Waals surface area contributed by atoms with Crippen LogP contribution < -0.4 is 0 Å². The lowest BCUT2D eigenvalue weighted by Gasteiger charge is -2.38. The van der Waals surface area contributed by atoms with Crippen LogP contribution in [0.25, 0.3) is 6.08 Å². The monoisotopic (exact) mass is 362 g/mol. The molecule has 0 bridgehead atoms. The Labute approximate surface area is 159 Å². The Balaban J connectivity index is 1.94. The van der Waals surface area contributed by atoms with Crippen molar-refractivity contribution in [2.45, 2.75) is 13.1 Å². The zero-order valence-corrected chi connectivity index (χ0v) is 15.4. The van der Waals surface area contributed by atoms with Gasteiger partial charge in [-0.25, -0.2) is 4.79 Å². The largest absolute Gasteiger partial charge is 0.463 e. The summed E-state index contributed by atoms with van der Waals surface area (Å²) in [4.78, 5) is 28.2. The molecule has 0 radical (unpaired) electrons. The van der Waals surface area contributed by atoms with E-state index in [1.807, 2.05) is 59.6 Å². The summed E-state index contributed by atoms with van der Waals surface area (Å²) >= 11 is 0. The highest BCUT2D eigenvalue weighted by atomic mass is 16.5. The zero-order chi connectivity index (χ0) is 19.2. The molecular weight excluding hydrogens is 340 g/mol. The van der Waals surface area contributed by atoms with Crippen LogP contribution in [-0.2, 0) is 9.53 Å². The van der Waals surface area contributed by atoms with Crippen LogP contribution in [0.15, 0.2) is 73.1 Å². The second kappa shape index (κ2) is 8.36. The Morgan fingerprint density at radius 2 is 1.81 bits per heavy atom. The molecule has 3 rings (SSSR count). The van der Waals surface area contributed by atoms with E-state index in [1.165, 1.54) is 6.08 Å². The molecule has 2 aromatic rings. The van der Waals surface area contributed by atoms with E-state index in [0.29, 0.717) is 12.2 Å². The van der Waals surface area contributed by atoms with Gasteiger partial charge in [0.15, 0.2) is 0 Å². The lowest BCUT2D eigenvalue weighted by molar-refractivity contribution is -0.137. The maximum absolute atomic E-state index is 13.0. The van der Waals surface area contributed by atoms with Crippen LogP contribution >= 0.6 is 0 Å². The summed E-state index contributed by atoms with van der Waals surface area (Å²) in [6.07, 6.45) is 6.46. The molecule has 1 unspecified atom stereocenters. The first-order valence-electron chi connectivity index (χ1n) is 8.83. The summed E-state index contributed by atoms with van der Waals surface area (Å²) in [5.74, 6) is -0.513. The van der Waals surface area contributed by atoms with Gasteiger partial charge < -0.3 is 14.5 Å². The van der Waals surface area contributed by atoms with E-state index in [-0.39, 0.29) is 12.1 Å². The maximum Gasteiger partial charge on any atom is 0.332 e. The first-order valence-corrected chi connectivity index (χ1v) is 8.83. The predicted octanol–water partition coefficient (Wildman–Crippen LogP) is 3.82. The van der Waals surface area contributed by atoms with E-state index < -0.39 is 5.97 Å². The molecule has 2 aromatic carbocycles. The number of benzene rings is 2. The fourth-order valence-corrected chi connectivity index (χ4v) is 3.08. The summed E-state index contributed by atoms with van der Waals surface area (Å²) in [7, 11) is 1.77. The van der Waals surface area contributed by atoms with Crippen molar-refractivity contribution in [3.05, 3.63) is 89.8 Å². The van der Waals surface area contributed by atoms with Gasteiger partial charge in [0, 0.05) is 36.7 Å². The predicted molar refractivity (Wildman–Crippen MR) is 104 cm³/mol. The lowest BCUT2D eigenvalue weighted by atomic mass is 10.00. The maximum atomic E-state index is 13.0. The van der Waals surface area contributed by atoms with Gasteiger partial charge in [0.2, 0.25) is 0 Å². The van der Waals surface area contributed by atoms with Gasteiger partial charge in [-0.15, -0.1) is 0 Å². The first-order chi connectivity index (χ1) is 13.1. The number of carbonyl (C=O) groups excluding carboxylic acids is 2. The van der Waals surface area contributed by atoms with Crippen LogP contribution in [0.3, 0.4) is 0 Å². The van der Waals surface area contributed by atoms with Crippen LogP contribution in [0.4, 0.5) is 0 Å². The summed E-state index contributed by atoms with van der Waals surface area (Å²) in [5, 5.41) is 0. The topological polar surface area (TPSA) is 49.9 Å². The minimum Gasteiger partial charge on any atom is -0.463 e. The van der Waals surface area contributed by atoms with Gasteiger partial charge in [-0.1, -0.05) is 42.5 Å². The van der Waals surface area contributed by atoms with E-state index >= 15 is 0 Å². The van der Waals surface area contributed by atoms with Gasteiger partial charge in [-0.05, 0) is 30.7 Å². The quantitative estimate of drug-likeness (QED) is 0.599. The standard InChI is InChI=1S/C22H22N2O3/c1-3-27-20(25)14-16-24-15-13-17-9-7-8-12-19(17)21(24)23(2)22(26)18-10-5-4-6-11-18/h4-16,21H,3H2,1-2H3/b16-14+. The van der Waals surface area contributed by atoms with Gasteiger partial charge in [0.05, 0.1) is 6.61 Å². The number of esters is 1. The molecule has 5 heteroatoms. The molecule has 1 atom stereocenters. The molecule has 1 aliphatic rings. The minimum absolute atomic E-state index is 0.0970. The number of fused-ring (bicyclic) bond motifs is 1. The zero-order valence-electron chi connectivity index (χ0n) is 15.4. The molecule has 0 fully saturated rings. The normalized spacial score (nSPS) is 15.5. The molecular formula is C22H22N2O3. The molecule has 1 heterocycles. The number of nitrogens with zero attached hydrogens (tertiary/aromatic N) is 2. The van der Waals surface area contributed by atoms with Gasteiger partial charge in [-0.3, -0.25) is 4.79 Å². The highest BCUT2D eigenvalue weighted by molar-refractivity contribution is 5.94. The number of carbonyl (C=O) groups is 2. The third-order valence-corrected chi connectivity index (χ3v) is 4.36. The average molecular weight is 362 g/mol. The van der Waals surface area contributed by atoms with Crippen molar-refractivity contribution in [3.8, 4) is 0 Å². The highest BCUT2D eigenvalue weighted by Gasteiger charge is 2.29. The smallest absolute Gasteiger partial charge is 0.332 e. The SMILES string of the molecule is CCOC(=O)/C=C/N1C=Cc2ccccc2C1N(C)C(=O)c1ccccc1. The van der Waals surface area contributed by atoms with Crippen LogP contribution in [0.2, 0.25) is 0 Å². The molecule has 138 valence electrons. The second-order valence-electron chi connectivity index (χ2n) is 6.12. The lowest BCUT2D eigenvalue weighted by Crippen LogP contribution is -2.39. The van der Waals surface area contributed by atoms with Gasteiger partial charge in [0.25, 0.3) is 5.91 Å². The van der Waals surface area contributed by atoms with Crippen molar-refractivity contribution in [2.75, 3.05) is 13.7 Å². The summed E-state index contributed by atoms with van der Waals surface area (Å²) < 4.78 is 4.96. The Hall–Kier alpha value is -3.34. The Bertz CT molecular complexity index is 874. The van der Waals surface area contributed by atoms with Crippen molar-refractivity contribution in [1.29, 1.82) is 0 Å². The van der Waals surface area contributed by atoms with Crippen molar-refractivity contribution in [2.24, 2.45) is 0 Å². The Morgan fingerprint density at radius 1 is 1.11 bits per heavy atom. The second-order valence-corrected chi connectivity index (χ2v) is 6.12. The summed E-state index contributed by atoms with van der Waals surface area (Å²) in [6.45, 7) is 2.08. The molecule has 0 spiro atoms. The summed E-state index contributed by atoms with van der Waals surface area (Å²) in [5.41, 5.74) is 2.64. The molecule has 0 N–H and O–H groups in total. The number of rotatable bonds is 5. The van der Waals surface area contributed by atoms with E-state index in [1.54, 1.807) is 37.2 Å². The Kier molecular flexibility index (Phi) is 5.71. The van der Waals surface area contributed by atoms with Crippen molar-refractivity contribution < 1.29 is 14.3 Å². The van der Waals surface area contributed by atoms with E-state index in [0.717, 1.165) is 11.1 Å². The molecule has 0 saturated heterocycles. The van der Waals surface area contributed by atoms with Crippen LogP contribution in [0, 0.1) is 0 Å². The first kappa shape index (κ1) is 18.5. The van der Waals surface area contributed by atoms with E-state index in [4.69, 9.17) is 4.74 Å². The van der Waals surface area contributed by atoms with Crippen molar-refractivity contribution in [3.63, 3.8) is 0 Å². The molecule has 27 heavy (non-hydrogen) atoms. The van der Waals surface area contributed by atoms with Gasteiger partial charge in [0.1, 0.15) is 6.17 Å². The molecule has 1 aliphatic heterocycles. The third-order valence-electron chi connectivity index (χ3n) is 4.36. The number of hydrogen-bond donors (Lipinski definition) is 0. The molecule has 0 aromatic heterocycles. The Morgan fingerprint density at radius 3 is 2.56 bits per heavy atom. The van der Waals surface area contributed by atoms with Gasteiger partial charge in [-0.2, -0.15) is 0 Å². The van der Waals surface area contributed by atoms with Crippen molar-refractivity contribution in [1.82, 2.24) is 9.80 Å². The van der Waals surface area contributed by atoms with E-state index in [2.05, 4.69) is 0 Å². The summed E-state index contributed by atoms with van der Waals surface area (Å²) in [6, 6.07) is 17.1. The fraction of sp³-hybridized carbons (Fsp3) is 0.182. The van der Waals surface area contributed by atoms with Gasteiger partial charge >= 0.3 is 5.97 Å². The molecule has 5 nitrogen and oxygen atoms in total. The molecule has 0 saturated carbocycles. The highest BCUT2D eigenvalue weighted by Crippen LogP contribution is 2.33. The third kappa shape index (κ3) is 4.08. The number of amides is 1. The molecule has 0 aliphatic carbocycles. The van der Waals surface area contributed by atoms with Crippen LogP contribution in [-0.4, -0.2) is 35.3 Å². The average Bonchev–Trinajstić information content (AvgIpc) is 2.71. The number of hydrogen-bond acceptors (Lipinski definition) is 4. The van der Waals surface area contributed by atoms with Crippen molar-refractivity contribution >= 4 is 18.0 Å². The van der Waals surface area contributed by atoms with Crippen LogP contribution in [0.5, 0.6) is 0 Å². The van der Waals surface area contributed by atoms with E-state index in [9.17, 15) is 9.59 Å². The van der Waals surface area contributed by atoms with Crippen LogP contribution in [0.1, 0.15) is 34.6 Å².